The smallest absolute Gasteiger partial charge is 0.212 e. The van der Waals surface area contributed by atoms with Gasteiger partial charge in [-0.1, -0.05) is 36.4 Å². The zero-order valence-electron chi connectivity index (χ0n) is 12.3. The van der Waals surface area contributed by atoms with Gasteiger partial charge in [0.25, 0.3) is 0 Å². The molecule has 3 rings (SSSR count). The van der Waals surface area contributed by atoms with Crippen LogP contribution in [0.2, 0.25) is 0 Å². The van der Waals surface area contributed by atoms with Gasteiger partial charge in [0.2, 0.25) is 11.2 Å². The fourth-order valence-electron chi connectivity index (χ4n) is 2.39. The molecule has 0 unspecified atom stereocenters. The molecule has 0 bridgehead atoms. The molecule has 3 aromatic rings. The molecule has 0 atom stereocenters. The van der Waals surface area contributed by atoms with Gasteiger partial charge in [-0.05, 0) is 23.8 Å². The predicted octanol–water partition coefficient (Wildman–Crippen LogP) is 4.07. The third kappa shape index (κ3) is 3.23. The summed E-state index contributed by atoms with van der Waals surface area (Å²) in [7, 11) is 2.07. The van der Waals surface area contributed by atoms with E-state index in [-0.39, 0.29) is 12.4 Å². The van der Waals surface area contributed by atoms with Crippen molar-refractivity contribution in [2.45, 2.75) is 0 Å². The van der Waals surface area contributed by atoms with E-state index in [0.717, 1.165) is 17.5 Å². The number of halogens is 1. The molecule has 2 nitrogen and oxygen atoms in total. The lowest BCUT2D eigenvalue weighted by Gasteiger charge is -2.00. The van der Waals surface area contributed by atoms with Crippen LogP contribution in [0.25, 0.3) is 23.1 Å². The summed E-state index contributed by atoms with van der Waals surface area (Å²) in [5.74, 6) is 0. The molecule has 0 saturated heterocycles. The lowest BCUT2D eigenvalue weighted by Crippen LogP contribution is -2.32. The Kier molecular flexibility index (Phi) is 5.08. The van der Waals surface area contributed by atoms with Gasteiger partial charge in [-0.2, -0.15) is 4.57 Å². The van der Waals surface area contributed by atoms with Crippen LogP contribution >= 0.6 is 12.4 Å². The van der Waals surface area contributed by atoms with Crippen molar-refractivity contribution < 1.29 is 9.36 Å². The SMILES string of the molecule is C[n+]1c(C=Cc2ccc(C=O)cc2)ccc2ccccc21.Cl. The van der Waals surface area contributed by atoms with E-state index in [9.17, 15) is 4.79 Å². The van der Waals surface area contributed by atoms with Gasteiger partial charge in [-0.25, -0.2) is 0 Å². The van der Waals surface area contributed by atoms with Gasteiger partial charge >= 0.3 is 0 Å². The first-order chi connectivity index (χ1) is 10.3. The van der Waals surface area contributed by atoms with Crippen molar-refractivity contribution >= 4 is 41.7 Å². The molecule has 0 aliphatic carbocycles. The normalized spacial score (nSPS) is 10.6. The van der Waals surface area contributed by atoms with Crippen molar-refractivity contribution in [1.82, 2.24) is 0 Å². The first-order valence-corrected chi connectivity index (χ1v) is 6.89. The van der Waals surface area contributed by atoms with Gasteiger partial charge in [0.15, 0.2) is 0 Å². The van der Waals surface area contributed by atoms with E-state index in [1.165, 1.54) is 10.9 Å². The number of pyridine rings is 1. The number of aldehydes is 1. The molecule has 1 heterocycles. The minimum Gasteiger partial charge on any atom is -0.298 e. The summed E-state index contributed by atoms with van der Waals surface area (Å²) in [6.45, 7) is 0. The van der Waals surface area contributed by atoms with Crippen molar-refractivity contribution in [2.75, 3.05) is 0 Å². The number of benzene rings is 2. The zero-order valence-corrected chi connectivity index (χ0v) is 13.1. The van der Waals surface area contributed by atoms with Crippen LogP contribution in [0, 0.1) is 0 Å². The van der Waals surface area contributed by atoms with E-state index in [1.807, 2.05) is 36.4 Å². The average molecular weight is 311 g/mol. The highest BCUT2D eigenvalue weighted by Crippen LogP contribution is 2.12. The number of carbonyl (C=O) groups excluding carboxylic acids is 1. The van der Waals surface area contributed by atoms with Crippen molar-refractivity contribution in [2.24, 2.45) is 7.05 Å². The Bertz CT molecular complexity index is 822. The second-order valence-corrected chi connectivity index (χ2v) is 4.99. The number of aromatic nitrogens is 1. The highest BCUT2D eigenvalue weighted by Gasteiger charge is 2.07. The molecule has 0 amide bonds. The maximum absolute atomic E-state index is 10.6. The molecular formula is C19H17ClNO+. The molecule has 22 heavy (non-hydrogen) atoms. The molecule has 2 aromatic carbocycles. The van der Waals surface area contributed by atoms with Crippen LogP contribution in [-0.4, -0.2) is 6.29 Å². The molecule has 3 heteroatoms. The summed E-state index contributed by atoms with van der Waals surface area (Å²) in [5.41, 5.74) is 4.11. The molecule has 1 aromatic heterocycles. The van der Waals surface area contributed by atoms with E-state index in [4.69, 9.17) is 0 Å². The standard InChI is InChI=1S/C19H16NO.ClH/c1-20-18(13-11-17-4-2-3-5-19(17)20)12-10-15-6-8-16(14-21)9-7-15;/h2-14H,1H3;1H/q+1;. The van der Waals surface area contributed by atoms with Crippen molar-refractivity contribution in [3.8, 4) is 0 Å². The second-order valence-electron chi connectivity index (χ2n) is 4.99. The Morgan fingerprint density at radius 3 is 2.23 bits per heavy atom. The van der Waals surface area contributed by atoms with Crippen molar-refractivity contribution in [3.05, 3.63) is 77.5 Å². The monoisotopic (exact) mass is 310 g/mol. The van der Waals surface area contributed by atoms with Crippen LogP contribution in [0.3, 0.4) is 0 Å². The maximum Gasteiger partial charge on any atom is 0.212 e. The Labute approximate surface area is 136 Å². The minimum absolute atomic E-state index is 0. The van der Waals surface area contributed by atoms with Crippen LogP contribution in [0.5, 0.6) is 0 Å². The molecule has 0 aliphatic rings. The van der Waals surface area contributed by atoms with Gasteiger partial charge in [0.05, 0.1) is 0 Å². The Morgan fingerprint density at radius 2 is 1.50 bits per heavy atom. The molecule has 110 valence electrons. The van der Waals surface area contributed by atoms with Crippen LogP contribution in [0.4, 0.5) is 0 Å². The summed E-state index contributed by atoms with van der Waals surface area (Å²) in [4.78, 5) is 10.6. The average Bonchev–Trinajstić information content (AvgIpc) is 2.55. The summed E-state index contributed by atoms with van der Waals surface area (Å²) >= 11 is 0. The molecule has 0 spiro atoms. The summed E-state index contributed by atoms with van der Waals surface area (Å²) in [6, 6.07) is 20.1. The zero-order chi connectivity index (χ0) is 14.7. The number of hydrogen-bond donors (Lipinski definition) is 0. The van der Waals surface area contributed by atoms with Gasteiger partial charge in [-0.15, -0.1) is 12.4 Å². The molecule has 0 saturated carbocycles. The molecular weight excluding hydrogens is 294 g/mol. The number of nitrogens with zero attached hydrogens (tertiary/aromatic N) is 1. The molecule has 0 aliphatic heterocycles. The van der Waals surface area contributed by atoms with Crippen molar-refractivity contribution in [1.29, 1.82) is 0 Å². The van der Waals surface area contributed by atoms with Crippen LogP contribution in [-0.2, 0) is 7.05 Å². The van der Waals surface area contributed by atoms with E-state index < -0.39 is 0 Å². The fourth-order valence-corrected chi connectivity index (χ4v) is 2.39. The van der Waals surface area contributed by atoms with E-state index in [0.29, 0.717) is 5.56 Å². The Balaban J connectivity index is 0.00000176. The summed E-state index contributed by atoms with van der Waals surface area (Å²) in [5, 5.41) is 1.23. The highest BCUT2D eigenvalue weighted by atomic mass is 35.5. The number of para-hydroxylation sites is 1. The second kappa shape index (κ2) is 7.01. The number of rotatable bonds is 3. The molecule has 0 N–H and O–H groups in total. The summed E-state index contributed by atoms with van der Waals surface area (Å²) in [6.07, 6.45) is 5.00. The first-order valence-electron chi connectivity index (χ1n) is 6.89. The van der Waals surface area contributed by atoms with E-state index >= 15 is 0 Å². The molecule has 0 fully saturated rings. The lowest BCUT2D eigenvalue weighted by molar-refractivity contribution is -0.646. The van der Waals surface area contributed by atoms with Crippen LogP contribution in [0.15, 0.2) is 60.7 Å². The van der Waals surface area contributed by atoms with Gasteiger partial charge in [-0.3, -0.25) is 4.79 Å². The topological polar surface area (TPSA) is 20.9 Å². The Morgan fingerprint density at radius 1 is 0.818 bits per heavy atom. The van der Waals surface area contributed by atoms with E-state index in [1.54, 1.807) is 0 Å². The molecule has 0 radical (unpaired) electrons. The minimum atomic E-state index is 0. The lowest BCUT2D eigenvalue weighted by atomic mass is 10.1. The highest BCUT2D eigenvalue weighted by molar-refractivity contribution is 5.85. The van der Waals surface area contributed by atoms with Crippen LogP contribution in [0.1, 0.15) is 21.6 Å². The first kappa shape index (κ1) is 15.9. The Hall–Kier alpha value is -2.45. The number of hydrogen-bond acceptors (Lipinski definition) is 1. The van der Waals surface area contributed by atoms with Gasteiger partial charge in [0, 0.05) is 29.2 Å². The number of carbonyl (C=O) groups is 1. The van der Waals surface area contributed by atoms with Gasteiger partial charge < -0.3 is 0 Å². The fraction of sp³-hybridized carbons (Fsp3) is 0.0526. The number of aryl methyl sites for hydroxylation is 1. The van der Waals surface area contributed by atoms with Gasteiger partial charge in [0.1, 0.15) is 13.3 Å². The number of fused-ring (bicyclic) bond motifs is 1. The largest absolute Gasteiger partial charge is 0.298 e. The van der Waals surface area contributed by atoms with Crippen molar-refractivity contribution in [3.63, 3.8) is 0 Å². The predicted molar refractivity (Wildman–Crippen MR) is 93.1 cm³/mol. The third-order valence-electron chi connectivity index (χ3n) is 3.64. The van der Waals surface area contributed by atoms with Crippen LogP contribution < -0.4 is 4.57 Å². The summed E-state index contributed by atoms with van der Waals surface area (Å²) < 4.78 is 2.17. The van der Waals surface area contributed by atoms with E-state index in [2.05, 4.69) is 48.0 Å². The maximum atomic E-state index is 10.6. The third-order valence-corrected chi connectivity index (χ3v) is 3.64. The quantitative estimate of drug-likeness (QED) is 0.528.